The van der Waals surface area contributed by atoms with Crippen molar-refractivity contribution in [2.45, 2.75) is 19.7 Å². The third-order valence-electron chi connectivity index (χ3n) is 6.07. The van der Waals surface area contributed by atoms with E-state index in [1.165, 1.54) is 11.4 Å². The SMILES string of the molecule is COc1ccc(COc2c3c(c(N(C)S(C)(=O)=O)c4cccnc24)CN(Cc2nsc(Cl)n2)C3=O)cc1. The molecule has 0 saturated heterocycles. The van der Waals surface area contributed by atoms with Crippen molar-refractivity contribution in [1.82, 2.24) is 19.2 Å². The Kier molecular flexibility index (Phi) is 6.65. The Balaban J connectivity index is 1.64. The van der Waals surface area contributed by atoms with Gasteiger partial charge in [-0.3, -0.25) is 14.1 Å². The monoisotopic (exact) mass is 559 g/mol. The van der Waals surface area contributed by atoms with Crippen LogP contribution in [0.4, 0.5) is 5.69 Å². The number of sulfonamides is 1. The number of anilines is 1. The molecule has 37 heavy (non-hydrogen) atoms. The molecule has 0 atom stereocenters. The van der Waals surface area contributed by atoms with Gasteiger partial charge in [-0.15, -0.1) is 0 Å². The molecule has 10 nitrogen and oxygen atoms in total. The number of hydrogen-bond acceptors (Lipinski definition) is 9. The molecule has 0 aliphatic carbocycles. The van der Waals surface area contributed by atoms with Gasteiger partial charge in [-0.2, -0.15) is 4.37 Å². The molecule has 5 rings (SSSR count). The number of aromatic nitrogens is 3. The molecule has 4 aromatic rings. The number of carbonyl (C=O) groups is 1. The molecule has 3 heterocycles. The summed E-state index contributed by atoms with van der Waals surface area (Å²) >= 11 is 6.97. The molecule has 13 heteroatoms. The normalized spacial score (nSPS) is 13.2. The van der Waals surface area contributed by atoms with Crippen molar-refractivity contribution in [3.8, 4) is 11.5 Å². The summed E-state index contributed by atoms with van der Waals surface area (Å²) in [6.45, 7) is 0.421. The van der Waals surface area contributed by atoms with E-state index in [4.69, 9.17) is 21.1 Å². The minimum Gasteiger partial charge on any atom is -0.497 e. The molecular formula is C24H22ClN5O5S2. The fourth-order valence-corrected chi connectivity index (χ4v) is 5.42. The van der Waals surface area contributed by atoms with Crippen molar-refractivity contribution in [1.29, 1.82) is 0 Å². The van der Waals surface area contributed by atoms with E-state index >= 15 is 0 Å². The molecule has 0 fully saturated rings. The van der Waals surface area contributed by atoms with Crippen molar-refractivity contribution in [2.24, 2.45) is 0 Å². The Morgan fingerprint density at radius 1 is 1.22 bits per heavy atom. The maximum Gasteiger partial charge on any atom is 0.258 e. The number of benzene rings is 2. The van der Waals surface area contributed by atoms with E-state index in [1.807, 2.05) is 24.3 Å². The molecule has 0 radical (unpaired) electrons. The summed E-state index contributed by atoms with van der Waals surface area (Å²) in [5.41, 5.74) is 2.44. The zero-order chi connectivity index (χ0) is 26.3. The second-order valence-electron chi connectivity index (χ2n) is 8.42. The van der Waals surface area contributed by atoms with Crippen molar-refractivity contribution in [3.63, 3.8) is 0 Å². The van der Waals surface area contributed by atoms with Gasteiger partial charge in [0.1, 0.15) is 17.9 Å². The van der Waals surface area contributed by atoms with E-state index in [9.17, 15) is 13.2 Å². The van der Waals surface area contributed by atoms with Crippen LogP contribution in [0.1, 0.15) is 27.3 Å². The predicted octanol–water partition coefficient (Wildman–Crippen LogP) is 3.88. The number of ether oxygens (including phenoxy) is 2. The molecular weight excluding hydrogens is 538 g/mol. The van der Waals surface area contributed by atoms with Crippen LogP contribution in [0.25, 0.3) is 10.9 Å². The lowest BCUT2D eigenvalue weighted by Crippen LogP contribution is -2.26. The number of rotatable bonds is 8. The highest BCUT2D eigenvalue weighted by molar-refractivity contribution is 7.92. The Morgan fingerprint density at radius 3 is 2.62 bits per heavy atom. The summed E-state index contributed by atoms with van der Waals surface area (Å²) in [6.07, 6.45) is 2.70. The van der Waals surface area contributed by atoms with Crippen LogP contribution >= 0.6 is 23.1 Å². The quantitative estimate of drug-likeness (QED) is 0.319. The minimum absolute atomic E-state index is 0.112. The third kappa shape index (κ3) is 4.79. The first-order valence-electron chi connectivity index (χ1n) is 11.1. The van der Waals surface area contributed by atoms with Crippen LogP contribution in [0.3, 0.4) is 0 Å². The summed E-state index contributed by atoms with van der Waals surface area (Å²) in [5, 5.41) is 0.559. The first-order chi connectivity index (χ1) is 17.7. The molecule has 0 unspecified atom stereocenters. The van der Waals surface area contributed by atoms with Gasteiger partial charge in [0.05, 0.1) is 31.2 Å². The number of hydrogen-bond donors (Lipinski definition) is 0. The molecule has 0 spiro atoms. The van der Waals surface area contributed by atoms with Crippen LogP contribution in [0.2, 0.25) is 4.47 Å². The molecule has 192 valence electrons. The minimum atomic E-state index is -3.65. The molecule has 2 aromatic heterocycles. The van der Waals surface area contributed by atoms with Crippen LogP contribution < -0.4 is 13.8 Å². The second kappa shape index (κ2) is 9.77. The van der Waals surface area contributed by atoms with Crippen molar-refractivity contribution >= 4 is 55.7 Å². The van der Waals surface area contributed by atoms with Crippen molar-refractivity contribution in [2.75, 3.05) is 24.7 Å². The van der Waals surface area contributed by atoms with Crippen LogP contribution in [0.5, 0.6) is 11.5 Å². The number of halogens is 1. The average Bonchev–Trinajstić information content (AvgIpc) is 3.43. The summed E-state index contributed by atoms with van der Waals surface area (Å²) in [7, 11) is -0.598. The first-order valence-corrected chi connectivity index (χ1v) is 14.1. The van der Waals surface area contributed by atoms with Gasteiger partial charge in [0.25, 0.3) is 5.91 Å². The van der Waals surface area contributed by atoms with Gasteiger partial charge in [0.2, 0.25) is 14.5 Å². The summed E-state index contributed by atoms with van der Waals surface area (Å²) in [6, 6.07) is 10.9. The standard InChI is InChI=1S/C24H22ClN5O5S2/c1-29(37(3,32)33)21-16-5-4-10-26-20(16)22(35-13-14-6-8-15(34-2)9-7-14)19-17(21)11-30(23(19)31)12-18-27-24(25)36-28-18/h4-10H,11-13H2,1-3H3. The molecule has 2 aromatic carbocycles. The third-order valence-corrected chi connectivity index (χ3v) is 8.09. The predicted molar refractivity (Wildman–Crippen MR) is 141 cm³/mol. The summed E-state index contributed by atoms with van der Waals surface area (Å²) in [5.74, 6) is 1.08. The lowest BCUT2D eigenvalue weighted by molar-refractivity contribution is 0.0759. The van der Waals surface area contributed by atoms with Gasteiger partial charge >= 0.3 is 0 Å². The number of nitrogens with zero attached hydrogens (tertiary/aromatic N) is 5. The van der Waals surface area contributed by atoms with Crippen LogP contribution in [-0.4, -0.2) is 54.0 Å². The number of fused-ring (bicyclic) bond motifs is 2. The Morgan fingerprint density at radius 2 is 1.97 bits per heavy atom. The fourth-order valence-electron chi connectivity index (χ4n) is 4.25. The van der Waals surface area contributed by atoms with Gasteiger partial charge < -0.3 is 14.4 Å². The second-order valence-corrected chi connectivity index (χ2v) is 11.8. The number of amides is 1. The lowest BCUT2D eigenvalue weighted by Gasteiger charge is -2.23. The molecule has 0 bridgehead atoms. The molecule has 1 aliphatic heterocycles. The van der Waals surface area contributed by atoms with Crippen LogP contribution in [0.15, 0.2) is 42.6 Å². The van der Waals surface area contributed by atoms with Crippen molar-refractivity contribution < 1.29 is 22.7 Å². The Labute approximate surface area is 222 Å². The number of methoxy groups -OCH3 is 1. The topological polar surface area (TPSA) is 115 Å². The lowest BCUT2D eigenvalue weighted by atomic mass is 10.0. The van der Waals surface area contributed by atoms with Crippen molar-refractivity contribution in [3.05, 3.63) is 69.6 Å². The number of pyridine rings is 1. The van der Waals surface area contributed by atoms with E-state index in [1.54, 1.807) is 30.3 Å². The smallest absolute Gasteiger partial charge is 0.258 e. The first kappa shape index (κ1) is 25.2. The van der Waals surface area contributed by atoms with Gasteiger partial charge in [-0.1, -0.05) is 12.1 Å². The largest absolute Gasteiger partial charge is 0.497 e. The van der Waals surface area contributed by atoms with E-state index in [0.717, 1.165) is 23.4 Å². The van der Waals surface area contributed by atoms with Gasteiger partial charge in [-0.05, 0) is 53.0 Å². The zero-order valence-electron chi connectivity index (χ0n) is 20.1. The van der Waals surface area contributed by atoms with Gasteiger partial charge in [-0.25, -0.2) is 13.4 Å². The molecule has 0 N–H and O–H groups in total. The fraction of sp³-hybridized carbons (Fsp3) is 0.250. The van der Waals surface area contributed by atoms with Gasteiger partial charge in [0, 0.05) is 30.7 Å². The van der Waals surface area contributed by atoms with Gasteiger partial charge in [0.15, 0.2) is 11.6 Å². The molecule has 1 aliphatic rings. The highest BCUT2D eigenvalue weighted by Gasteiger charge is 2.38. The summed E-state index contributed by atoms with van der Waals surface area (Å²) in [4.78, 5) is 23.9. The Hall–Kier alpha value is -3.48. The van der Waals surface area contributed by atoms with E-state index in [2.05, 4.69) is 14.3 Å². The van der Waals surface area contributed by atoms with E-state index in [0.29, 0.717) is 39.5 Å². The zero-order valence-corrected chi connectivity index (χ0v) is 22.5. The maximum absolute atomic E-state index is 13.7. The maximum atomic E-state index is 13.7. The Bertz CT molecular complexity index is 1610. The molecule has 1 amide bonds. The highest BCUT2D eigenvalue weighted by Crippen LogP contribution is 2.45. The van der Waals surface area contributed by atoms with E-state index < -0.39 is 10.0 Å². The van der Waals surface area contributed by atoms with Crippen LogP contribution in [0, 0.1) is 0 Å². The number of carbonyl (C=O) groups excluding carboxylic acids is 1. The van der Waals surface area contributed by atoms with Crippen LogP contribution in [-0.2, 0) is 29.7 Å². The molecule has 0 saturated carbocycles. The summed E-state index contributed by atoms with van der Waals surface area (Å²) < 4.78 is 42.3. The average molecular weight is 560 g/mol. The highest BCUT2D eigenvalue weighted by atomic mass is 35.5. The van der Waals surface area contributed by atoms with E-state index in [-0.39, 0.29) is 35.6 Å².